The number of pyridine rings is 1. The Bertz CT molecular complexity index is 740. The minimum atomic E-state index is -0.519. The van der Waals surface area contributed by atoms with Gasteiger partial charge < -0.3 is 14.4 Å². The van der Waals surface area contributed by atoms with Gasteiger partial charge in [-0.25, -0.2) is 0 Å². The van der Waals surface area contributed by atoms with E-state index in [1.165, 1.54) is 5.56 Å². The second-order valence-electron chi connectivity index (χ2n) is 6.91. The number of benzene rings is 1. The number of amides is 1. The second-order valence-corrected chi connectivity index (χ2v) is 6.91. The van der Waals surface area contributed by atoms with Gasteiger partial charge in [-0.3, -0.25) is 14.7 Å². The molecule has 6 nitrogen and oxygen atoms in total. The number of hydrogen-bond donors (Lipinski definition) is 0. The molecule has 6 heteroatoms. The Balaban J connectivity index is 1.53. The van der Waals surface area contributed by atoms with E-state index in [-0.39, 0.29) is 12.5 Å². The van der Waals surface area contributed by atoms with Crippen LogP contribution in [0.1, 0.15) is 5.56 Å². The summed E-state index contributed by atoms with van der Waals surface area (Å²) >= 11 is 0. The van der Waals surface area contributed by atoms with Crippen LogP contribution in [0.4, 0.5) is 5.69 Å². The maximum atomic E-state index is 12.4. The van der Waals surface area contributed by atoms with Crippen LogP contribution >= 0.6 is 0 Å². The van der Waals surface area contributed by atoms with Gasteiger partial charge in [0.1, 0.15) is 12.2 Å². The van der Waals surface area contributed by atoms with E-state index in [2.05, 4.69) is 34.1 Å². The first kappa shape index (κ1) is 17.1. The smallest absolute Gasteiger partial charge is 0.253 e. The van der Waals surface area contributed by atoms with Crippen LogP contribution in [0, 0.1) is 0 Å². The molecule has 0 aliphatic carbocycles. The molecule has 26 heavy (non-hydrogen) atoms. The van der Waals surface area contributed by atoms with Crippen LogP contribution in [0.5, 0.6) is 0 Å². The fourth-order valence-corrected chi connectivity index (χ4v) is 3.61. The Labute approximate surface area is 153 Å². The molecule has 0 bridgehead atoms. The van der Waals surface area contributed by atoms with Gasteiger partial charge in [-0.1, -0.05) is 30.3 Å². The van der Waals surface area contributed by atoms with Crippen molar-refractivity contribution in [2.45, 2.75) is 12.1 Å². The molecule has 2 aliphatic heterocycles. The summed E-state index contributed by atoms with van der Waals surface area (Å²) in [4.78, 5) is 20.7. The lowest BCUT2D eigenvalue weighted by molar-refractivity contribution is -0.146. The lowest BCUT2D eigenvalue weighted by Crippen LogP contribution is -2.60. The number of hydrogen-bond acceptors (Lipinski definition) is 5. The van der Waals surface area contributed by atoms with Gasteiger partial charge in [0.25, 0.3) is 5.91 Å². The predicted molar refractivity (Wildman–Crippen MR) is 97.8 cm³/mol. The van der Waals surface area contributed by atoms with Crippen LogP contribution in [0.3, 0.4) is 0 Å². The maximum absolute atomic E-state index is 12.4. The van der Waals surface area contributed by atoms with E-state index in [0.29, 0.717) is 19.8 Å². The average molecular weight is 353 g/mol. The van der Waals surface area contributed by atoms with Gasteiger partial charge >= 0.3 is 0 Å². The zero-order chi connectivity index (χ0) is 17.8. The minimum absolute atomic E-state index is 0.0394. The highest BCUT2D eigenvalue weighted by molar-refractivity contribution is 5.95. The molecule has 136 valence electrons. The molecule has 2 fully saturated rings. The van der Waals surface area contributed by atoms with Gasteiger partial charge in [0.15, 0.2) is 0 Å². The Hall–Kier alpha value is -2.28. The number of anilines is 1. The first-order valence-electron chi connectivity index (χ1n) is 8.93. The summed E-state index contributed by atoms with van der Waals surface area (Å²) in [7, 11) is 0. The summed E-state index contributed by atoms with van der Waals surface area (Å²) < 4.78 is 11.9. The third-order valence-electron chi connectivity index (χ3n) is 4.88. The fourth-order valence-electron chi connectivity index (χ4n) is 3.61. The van der Waals surface area contributed by atoms with Crippen molar-refractivity contribution in [1.82, 2.24) is 9.88 Å². The van der Waals surface area contributed by atoms with Crippen LogP contribution < -0.4 is 4.90 Å². The maximum Gasteiger partial charge on any atom is 0.253 e. The Morgan fingerprint density at radius 2 is 2.00 bits per heavy atom. The molecule has 4 rings (SSSR count). The first-order valence-corrected chi connectivity index (χ1v) is 8.93. The highest BCUT2D eigenvalue weighted by atomic mass is 16.6. The van der Waals surface area contributed by atoms with Crippen LogP contribution in [0.15, 0.2) is 54.9 Å². The Morgan fingerprint density at radius 3 is 2.81 bits per heavy atom. The van der Waals surface area contributed by atoms with Crippen LogP contribution in [-0.2, 0) is 20.8 Å². The number of ether oxygens (including phenoxy) is 2. The molecule has 0 saturated carbocycles. The number of nitrogens with zero attached hydrogens (tertiary/aromatic N) is 3. The van der Waals surface area contributed by atoms with E-state index in [1.807, 2.05) is 18.2 Å². The summed E-state index contributed by atoms with van der Waals surface area (Å²) in [5.41, 5.74) is 1.55. The van der Waals surface area contributed by atoms with Gasteiger partial charge in [0.05, 0.1) is 31.6 Å². The molecule has 1 spiro atoms. The average Bonchev–Trinajstić information content (AvgIpc) is 2.88. The van der Waals surface area contributed by atoms with Crippen molar-refractivity contribution in [3.8, 4) is 0 Å². The van der Waals surface area contributed by atoms with Crippen LogP contribution in [-0.4, -0.2) is 60.8 Å². The predicted octanol–water partition coefficient (Wildman–Crippen LogP) is 1.72. The van der Waals surface area contributed by atoms with Crippen molar-refractivity contribution in [2.75, 3.05) is 44.4 Å². The van der Waals surface area contributed by atoms with E-state index >= 15 is 0 Å². The standard InChI is InChI=1S/C20H23N3O3/c24-19-13-26-20(15-23(19)18-7-4-8-21-11-18)14-22(9-10-25-16-20)12-17-5-2-1-3-6-17/h1-8,11H,9-10,12-16H2. The highest BCUT2D eigenvalue weighted by Gasteiger charge is 2.43. The van der Waals surface area contributed by atoms with Gasteiger partial charge in [0, 0.05) is 25.8 Å². The van der Waals surface area contributed by atoms with E-state index in [0.717, 1.165) is 25.3 Å². The molecule has 0 N–H and O–H groups in total. The van der Waals surface area contributed by atoms with Crippen molar-refractivity contribution in [1.29, 1.82) is 0 Å². The van der Waals surface area contributed by atoms with E-state index < -0.39 is 5.60 Å². The molecule has 1 amide bonds. The van der Waals surface area contributed by atoms with E-state index in [9.17, 15) is 4.79 Å². The van der Waals surface area contributed by atoms with Crippen molar-refractivity contribution in [3.63, 3.8) is 0 Å². The fraction of sp³-hybridized carbons (Fsp3) is 0.400. The summed E-state index contributed by atoms with van der Waals surface area (Å²) in [6.45, 7) is 4.12. The summed E-state index contributed by atoms with van der Waals surface area (Å²) in [6.07, 6.45) is 3.43. The van der Waals surface area contributed by atoms with Gasteiger partial charge in [-0.15, -0.1) is 0 Å². The highest BCUT2D eigenvalue weighted by Crippen LogP contribution is 2.27. The third-order valence-corrected chi connectivity index (χ3v) is 4.88. The molecule has 2 aliphatic rings. The first-order chi connectivity index (χ1) is 12.7. The molecular weight excluding hydrogens is 330 g/mol. The molecule has 0 radical (unpaired) electrons. The van der Waals surface area contributed by atoms with Crippen molar-refractivity contribution >= 4 is 11.6 Å². The van der Waals surface area contributed by atoms with Crippen molar-refractivity contribution in [3.05, 3.63) is 60.4 Å². The lowest BCUT2D eigenvalue weighted by atomic mass is 10.0. The molecule has 1 aromatic heterocycles. The molecule has 1 unspecified atom stereocenters. The monoisotopic (exact) mass is 353 g/mol. The number of carbonyl (C=O) groups is 1. The number of morpholine rings is 1. The minimum Gasteiger partial charge on any atom is -0.377 e. The molecule has 1 aromatic carbocycles. The van der Waals surface area contributed by atoms with Crippen LogP contribution in [0.25, 0.3) is 0 Å². The topological polar surface area (TPSA) is 54.9 Å². The number of aromatic nitrogens is 1. The zero-order valence-electron chi connectivity index (χ0n) is 14.7. The number of rotatable bonds is 3. The Morgan fingerprint density at radius 1 is 1.12 bits per heavy atom. The molecule has 1 atom stereocenters. The number of carbonyl (C=O) groups excluding carboxylic acids is 1. The largest absolute Gasteiger partial charge is 0.377 e. The molecule has 3 heterocycles. The SMILES string of the molecule is O=C1COC2(COCCN(Cc3ccccc3)C2)CN1c1cccnc1. The normalized spacial score (nSPS) is 24.6. The van der Waals surface area contributed by atoms with E-state index in [1.54, 1.807) is 17.3 Å². The molecular formula is C20H23N3O3. The van der Waals surface area contributed by atoms with E-state index in [4.69, 9.17) is 9.47 Å². The second kappa shape index (κ2) is 7.53. The lowest BCUT2D eigenvalue weighted by Gasteiger charge is -2.43. The Kier molecular flexibility index (Phi) is 4.97. The quantitative estimate of drug-likeness (QED) is 0.841. The summed E-state index contributed by atoms with van der Waals surface area (Å²) in [5, 5.41) is 0. The summed E-state index contributed by atoms with van der Waals surface area (Å²) in [5.74, 6) is -0.0394. The van der Waals surface area contributed by atoms with Gasteiger partial charge in [0.2, 0.25) is 0 Å². The molecule has 2 saturated heterocycles. The van der Waals surface area contributed by atoms with Gasteiger partial charge in [-0.2, -0.15) is 0 Å². The van der Waals surface area contributed by atoms with Crippen LogP contribution in [0.2, 0.25) is 0 Å². The third kappa shape index (κ3) is 3.77. The van der Waals surface area contributed by atoms with Crippen molar-refractivity contribution < 1.29 is 14.3 Å². The van der Waals surface area contributed by atoms with Crippen molar-refractivity contribution in [2.24, 2.45) is 0 Å². The van der Waals surface area contributed by atoms with Gasteiger partial charge in [-0.05, 0) is 17.7 Å². The summed E-state index contributed by atoms with van der Waals surface area (Å²) in [6, 6.07) is 14.1. The zero-order valence-corrected chi connectivity index (χ0v) is 14.7. The molecule has 2 aromatic rings.